The van der Waals surface area contributed by atoms with Crippen LogP contribution in [0.4, 0.5) is 21.8 Å². The van der Waals surface area contributed by atoms with Gasteiger partial charge in [-0.15, -0.1) is 5.10 Å². The first kappa shape index (κ1) is 15.4. The second-order valence-corrected chi connectivity index (χ2v) is 4.60. The van der Waals surface area contributed by atoms with E-state index in [2.05, 4.69) is 25.8 Å². The molecule has 2 aromatic rings. The molecular formula is C13H15ClFN5O. The molecular weight excluding hydrogens is 297 g/mol. The molecule has 1 heterocycles. The van der Waals surface area contributed by atoms with Crippen molar-refractivity contribution in [3.63, 3.8) is 0 Å². The van der Waals surface area contributed by atoms with E-state index in [1.165, 1.54) is 18.3 Å². The topological polar surface area (TPSA) is 72.0 Å². The van der Waals surface area contributed by atoms with Crippen LogP contribution in [0.5, 0.6) is 0 Å². The predicted molar refractivity (Wildman–Crippen MR) is 79.5 cm³/mol. The molecule has 2 rings (SSSR count). The van der Waals surface area contributed by atoms with Crippen LogP contribution in [0.3, 0.4) is 0 Å². The van der Waals surface area contributed by atoms with Crippen molar-refractivity contribution >= 4 is 29.1 Å². The normalized spacial score (nSPS) is 10.4. The van der Waals surface area contributed by atoms with Crippen LogP contribution >= 0.6 is 11.6 Å². The highest BCUT2D eigenvalue weighted by Crippen LogP contribution is 2.21. The van der Waals surface area contributed by atoms with Crippen molar-refractivity contribution in [3.05, 3.63) is 35.2 Å². The van der Waals surface area contributed by atoms with Gasteiger partial charge < -0.3 is 15.4 Å². The minimum atomic E-state index is -0.469. The summed E-state index contributed by atoms with van der Waals surface area (Å²) in [6, 6.07) is 4.32. The number of benzene rings is 1. The lowest BCUT2D eigenvalue weighted by atomic mass is 10.3. The monoisotopic (exact) mass is 311 g/mol. The van der Waals surface area contributed by atoms with E-state index in [-0.39, 0.29) is 5.02 Å². The Bertz CT molecular complexity index is 599. The summed E-state index contributed by atoms with van der Waals surface area (Å²) in [6.45, 7) is 1.34. The Balaban J connectivity index is 1.98. The summed E-state index contributed by atoms with van der Waals surface area (Å²) >= 11 is 5.72. The minimum Gasteiger partial charge on any atom is -0.385 e. The van der Waals surface area contributed by atoms with Crippen molar-refractivity contribution in [1.29, 1.82) is 0 Å². The highest BCUT2D eigenvalue weighted by Gasteiger charge is 2.04. The molecule has 1 aromatic carbocycles. The first-order valence-electron chi connectivity index (χ1n) is 6.33. The van der Waals surface area contributed by atoms with Gasteiger partial charge in [0.1, 0.15) is 5.82 Å². The Labute approximate surface area is 126 Å². The summed E-state index contributed by atoms with van der Waals surface area (Å²) in [6.07, 6.45) is 2.31. The highest BCUT2D eigenvalue weighted by atomic mass is 35.5. The fraction of sp³-hybridized carbons (Fsp3) is 0.308. The molecule has 0 atom stereocenters. The van der Waals surface area contributed by atoms with Gasteiger partial charge in [0.05, 0.1) is 11.2 Å². The molecule has 0 spiro atoms. The third-order valence-corrected chi connectivity index (χ3v) is 2.85. The zero-order valence-corrected chi connectivity index (χ0v) is 12.2. The van der Waals surface area contributed by atoms with Crippen LogP contribution in [0.1, 0.15) is 6.42 Å². The van der Waals surface area contributed by atoms with Gasteiger partial charge in [-0.05, 0) is 24.6 Å². The van der Waals surface area contributed by atoms with Crippen LogP contribution in [0.15, 0.2) is 24.4 Å². The lowest BCUT2D eigenvalue weighted by Gasteiger charge is -2.08. The Morgan fingerprint density at radius 2 is 2.24 bits per heavy atom. The average Bonchev–Trinajstić information content (AvgIpc) is 2.48. The van der Waals surface area contributed by atoms with E-state index in [0.717, 1.165) is 6.42 Å². The number of aromatic nitrogens is 3. The smallest absolute Gasteiger partial charge is 0.244 e. The van der Waals surface area contributed by atoms with Gasteiger partial charge in [0.15, 0.2) is 5.82 Å². The number of rotatable bonds is 7. The molecule has 0 aliphatic carbocycles. The van der Waals surface area contributed by atoms with Crippen LogP contribution in [-0.4, -0.2) is 35.4 Å². The molecule has 0 saturated carbocycles. The van der Waals surface area contributed by atoms with Gasteiger partial charge in [-0.1, -0.05) is 11.6 Å². The van der Waals surface area contributed by atoms with Crippen molar-refractivity contribution in [2.45, 2.75) is 6.42 Å². The van der Waals surface area contributed by atoms with E-state index in [0.29, 0.717) is 30.6 Å². The van der Waals surface area contributed by atoms with Crippen molar-refractivity contribution in [1.82, 2.24) is 15.2 Å². The Hall–Kier alpha value is -1.99. The number of nitrogens with zero attached hydrogens (tertiary/aromatic N) is 3. The molecule has 0 unspecified atom stereocenters. The van der Waals surface area contributed by atoms with Gasteiger partial charge in [0, 0.05) is 25.9 Å². The lowest BCUT2D eigenvalue weighted by Crippen LogP contribution is -2.09. The number of halogens is 2. The summed E-state index contributed by atoms with van der Waals surface area (Å²) in [4.78, 5) is 4.24. The standard InChI is InChI=1S/C13H15ClFN5O/c1-21-6-2-5-16-13-19-12(8-17-20-13)18-9-3-4-11(15)10(14)7-9/h3-4,7-8H,2,5-6H2,1H3,(H2,16,18,19,20). The SMILES string of the molecule is COCCCNc1nncc(Nc2ccc(F)c(Cl)c2)n1. The summed E-state index contributed by atoms with van der Waals surface area (Å²) in [5.41, 5.74) is 0.618. The maximum Gasteiger partial charge on any atom is 0.244 e. The summed E-state index contributed by atoms with van der Waals surface area (Å²) in [7, 11) is 1.65. The van der Waals surface area contributed by atoms with Crippen LogP contribution in [0.25, 0.3) is 0 Å². The van der Waals surface area contributed by atoms with Crippen molar-refractivity contribution in [2.24, 2.45) is 0 Å². The fourth-order valence-electron chi connectivity index (χ4n) is 1.58. The van der Waals surface area contributed by atoms with E-state index in [1.807, 2.05) is 0 Å². The lowest BCUT2D eigenvalue weighted by molar-refractivity contribution is 0.197. The molecule has 0 fully saturated rings. The van der Waals surface area contributed by atoms with Gasteiger partial charge in [0.2, 0.25) is 5.95 Å². The van der Waals surface area contributed by atoms with Crippen molar-refractivity contribution < 1.29 is 9.13 Å². The van der Waals surface area contributed by atoms with Gasteiger partial charge in [0.25, 0.3) is 0 Å². The minimum absolute atomic E-state index is 0.0416. The zero-order chi connectivity index (χ0) is 15.1. The third kappa shape index (κ3) is 4.80. The molecule has 112 valence electrons. The number of methoxy groups -OCH3 is 1. The molecule has 0 radical (unpaired) electrons. The number of ether oxygens (including phenoxy) is 1. The Kier molecular flexibility index (Phi) is 5.65. The number of nitrogens with one attached hydrogen (secondary N) is 2. The third-order valence-electron chi connectivity index (χ3n) is 2.56. The molecule has 8 heteroatoms. The Morgan fingerprint density at radius 3 is 3.00 bits per heavy atom. The number of anilines is 3. The fourth-order valence-corrected chi connectivity index (χ4v) is 1.76. The van der Waals surface area contributed by atoms with Gasteiger partial charge in [-0.2, -0.15) is 10.1 Å². The Morgan fingerprint density at radius 1 is 1.38 bits per heavy atom. The molecule has 0 aliphatic rings. The first-order valence-corrected chi connectivity index (χ1v) is 6.71. The van der Waals surface area contributed by atoms with Gasteiger partial charge in [-0.25, -0.2) is 4.39 Å². The second-order valence-electron chi connectivity index (χ2n) is 4.19. The maximum atomic E-state index is 13.1. The maximum absolute atomic E-state index is 13.1. The highest BCUT2D eigenvalue weighted by molar-refractivity contribution is 6.31. The summed E-state index contributed by atoms with van der Waals surface area (Å²) in [5.74, 6) is 0.426. The van der Waals surface area contributed by atoms with Crippen LogP contribution in [0.2, 0.25) is 5.02 Å². The molecule has 21 heavy (non-hydrogen) atoms. The van der Waals surface area contributed by atoms with Crippen LogP contribution in [-0.2, 0) is 4.74 Å². The first-order chi connectivity index (χ1) is 10.2. The van der Waals surface area contributed by atoms with Gasteiger partial charge >= 0.3 is 0 Å². The number of hydrogen-bond acceptors (Lipinski definition) is 6. The molecule has 0 amide bonds. The summed E-state index contributed by atoms with van der Waals surface area (Å²) < 4.78 is 18.0. The zero-order valence-electron chi connectivity index (χ0n) is 11.4. The quantitative estimate of drug-likeness (QED) is 0.766. The predicted octanol–water partition coefficient (Wildman–Crippen LogP) is 2.86. The number of hydrogen-bond donors (Lipinski definition) is 2. The van der Waals surface area contributed by atoms with Gasteiger partial charge in [-0.3, -0.25) is 0 Å². The van der Waals surface area contributed by atoms with E-state index < -0.39 is 5.82 Å². The van der Waals surface area contributed by atoms with E-state index >= 15 is 0 Å². The average molecular weight is 312 g/mol. The summed E-state index contributed by atoms with van der Waals surface area (Å²) in [5, 5.41) is 13.8. The molecule has 6 nitrogen and oxygen atoms in total. The van der Waals surface area contributed by atoms with Crippen LogP contribution < -0.4 is 10.6 Å². The van der Waals surface area contributed by atoms with E-state index in [1.54, 1.807) is 13.2 Å². The molecule has 0 aliphatic heterocycles. The van der Waals surface area contributed by atoms with Crippen molar-refractivity contribution in [2.75, 3.05) is 30.9 Å². The molecule has 0 bridgehead atoms. The molecule has 1 aromatic heterocycles. The second kappa shape index (κ2) is 7.70. The molecule has 2 N–H and O–H groups in total. The van der Waals surface area contributed by atoms with Crippen LogP contribution in [0, 0.1) is 5.82 Å². The molecule has 0 saturated heterocycles. The van der Waals surface area contributed by atoms with E-state index in [4.69, 9.17) is 16.3 Å². The van der Waals surface area contributed by atoms with E-state index in [9.17, 15) is 4.39 Å². The van der Waals surface area contributed by atoms with Crippen molar-refractivity contribution in [3.8, 4) is 0 Å². The largest absolute Gasteiger partial charge is 0.385 e.